The first-order valence-corrected chi connectivity index (χ1v) is 8.27. The van der Waals surface area contributed by atoms with Crippen molar-refractivity contribution >= 4 is 40.8 Å². The van der Waals surface area contributed by atoms with E-state index < -0.39 is 29.0 Å². The number of nitrogens with one attached hydrogen (secondary N) is 1. The fourth-order valence-corrected chi connectivity index (χ4v) is 2.50. The predicted molar refractivity (Wildman–Crippen MR) is 98.2 cm³/mol. The summed E-state index contributed by atoms with van der Waals surface area (Å²) in [5, 5.41) is 13.5. The number of rotatable bonds is 7. The Balaban J connectivity index is 1.92. The maximum absolute atomic E-state index is 12.0. The van der Waals surface area contributed by atoms with Gasteiger partial charge in [-0.3, -0.25) is 19.7 Å². The highest BCUT2D eigenvalue weighted by Crippen LogP contribution is 2.25. The summed E-state index contributed by atoms with van der Waals surface area (Å²) >= 11 is 11.6. The van der Waals surface area contributed by atoms with Crippen LogP contribution in [0.4, 0.5) is 5.69 Å². The fourth-order valence-electron chi connectivity index (χ4n) is 2.12. The molecule has 0 atom stereocenters. The van der Waals surface area contributed by atoms with E-state index in [2.05, 4.69) is 5.32 Å². The minimum absolute atomic E-state index is 0.00425. The van der Waals surface area contributed by atoms with Crippen LogP contribution in [0.1, 0.15) is 15.9 Å². The number of halogens is 2. The first-order chi connectivity index (χ1) is 12.8. The van der Waals surface area contributed by atoms with Crippen molar-refractivity contribution in [2.24, 2.45) is 0 Å². The molecule has 0 bridgehead atoms. The summed E-state index contributed by atoms with van der Waals surface area (Å²) in [5.41, 5.74) is 0.161. The normalized spacial score (nSPS) is 10.2. The van der Waals surface area contributed by atoms with Crippen LogP contribution in [-0.4, -0.2) is 30.5 Å². The first-order valence-electron chi connectivity index (χ1n) is 7.52. The molecule has 2 aromatic carbocycles. The van der Waals surface area contributed by atoms with Crippen LogP contribution in [0.15, 0.2) is 36.4 Å². The minimum Gasteiger partial charge on any atom is -0.496 e. The highest BCUT2D eigenvalue weighted by atomic mass is 35.5. The molecule has 2 aromatic rings. The molecule has 0 aromatic heterocycles. The van der Waals surface area contributed by atoms with Crippen LogP contribution in [0.25, 0.3) is 0 Å². The Hall–Kier alpha value is -2.84. The number of carbonyl (C=O) groups is 2. The Kier molecular flexibility index (Phi) is 6.98. The van der Waals surface area contributed by atoms with Gasteiger partial charge in [-0.25, -0.2) is 0 Å². The Bertz CT molecular complexity index is 888. The van der Waals surface area contributed by atoms with E-state index in [1.165, 1.54) is 19.2 Å². The van der Waals surface area contributed by atoms with Gasteiger partial charge in [-0.15, -0.1) is 0 Å². The van der Waals surface area contributed by atoms with E-state index in [0.29, 0.717) is 16.3 Å². The molecular weight excluding hydrogens is 399 g/mol. The van der Waals surface area contributed by atoms with Crippen molar-refractivity contribution in [2.75, 3.05) is 13.7 Å². The Morgan fingerprint density at radius 2 is 1.93 bits per heavy atom. The Labute approximate surface area is 164 Å². The molecule has 1 amide bonds. The molecule has 1 N–H and O–H groups in total. The van der Waals surface area contributed by atoms with Crippen molar-refractivity contribution < 1.29 is 24.0 Å². The molecule has 0 heterocycles. The number of amides is 1. The van der Waals surface area contributed by atoms with Crippen LogP contribution < -0.4 is 10.1 Å². The molecule has 0 radical (unpaired) electrons. The van der Waals surface area contributed by atoms with Crippen LogP contribution >= 0.6 is 23.2 Å². The number of nitro benzene ring substituents is 1. The van der Waals surface area contributed by atoms with Crippen LogP contribution in [0, 0.1) is 10.1 Å². The maximum atomic E-state index is 12.0. The van der Waals surface area contributed by atoms with E-state index in [9.17, 15) is 19.7 Å². The van der Waals surface area contributed by atoms with Gasteiger partial charge in [-0.1, -0.05) is 23.2 Å². The highest BCUT2D eigenvalue weighted by molar-refractivity contribution is 6.32. The van der Waals surface area contributed by atoms with Crippen LogP contribution in [-0.2, 0) is 16.1 Å². The standard InChI is InChI=1S/C17H14Cl2N2O6/c1-26-15-5-3-12(18)6-11(15)9-27-16(22)8-20-17(23)10-2-4-13(19)14(7-10)21(24)25/h2-7H,8-9H2,1H3,(H,20,23). The molecule has 2 rings (SSSR count). The SMILES string of the molecule is COc1ccc(Cl)cc1COC(=O)CNC(=O)c1ccc(Cl)c([N+](=O)[O-])c1. The molecule has 27 heavy (non-hydrogen) atoms. The van der Waals surface area contributed by atoms with E-state index in [0.717, 1.165) is 6.07 Å². The topological polar surface area (TPSA) is 108 Å². The molecule has 0 unspecified atom stereocenters. The van der Waals surface area contributed by atoms with E-state index in [4.69, 9.17) is 32.7 Å². The molecule has 0 aliphatic heterocycles. The molecular formula is C17H14Cl2N2O6. The van der Waals surface area contributed by atoms with Gasteiger partial charge in [-0.2, -0.15) is 0 Å². The molecule has 0 saturated carbocycles. The van der Waals surface area contributed by atoms with E-state index >= 15 is 0 Å². The number of methoxy groups -OCH3 is 1. The second-order valence-electron chi connectivity index (χ2n) is 5.22. The zero-order chi connectivity index (χ0) is 20.0. The van der Waals surface area contributed by atoms with Crippen molar-refractivity contribution in [3.8, 4) is 5.75 Å². The second-order valence-corrected chi connectivity index (χ2v) is 6.07. The fraction of sp³-hybridized carbons (Fsp3) is 0.176. The molecule has 10 heteroatoms. The number of nitrogens with zero attached hydrogens (tertiary/aromatic N) is 1. The van der Waals surface area contributed by atoms with Crippen LogP contribution in [0.5, 0.6) is 5.75 Å². The third kappa shape index (κ3) is 5.57. The number of nitro groups is 1. The Morgan fingerprint density at radius 1 is 1.19 bits per heavy atom. The van der Waals surface area contributed by atoms with Crippen molar-refractivity contribution in [1.29, 1.82) is 0 Å². The molecule has 0 aliphatic rings. The molecule has 0 fully saturated rings. The van der Waals surface area contributed by atoms with Gasteiger partial charge in [0.05, 0.1) is 12.0 Å². The summed E-state index contributed by atoms with van der Waals surface area (Å²) in [7, 11) is 1.47. The van der Waals surface area contributed by atoms with Gasteiger partial charge in [0.15, 0.2) is 0 Å². The highest BCUT2D eigenvalue weighted by Gasteiger charge is 2.17. The van der Waals surface area contributed by atoms with Gasteiger partial charge in [0, 0.05) is 22.2 Å². The second kappa shape index (κ2) is 9.20. The van der Waals surface area contributed by atoms with E-state index in [1.54, 1.807) is 18.2 Å². The van der Waals surface area contributed by atoms with Crippen molar-refractivity contribution in [2.45, 2.75) is 6.61 Å². The maximum Gasteiger partial charge on any atom is 0.325 e. The van der Waals surface area contributed by atoms with Gasteiger partial charge >= 0.3 is 5.97 Å². The summed E-state index contributed by atoms with van der Waals surface area (Å²) in [5.74, 6) is -0.870. The lowest BCUT2D eigenvalue weighted by Gasteiger charge is -2.10. The summed E-state index contributed by atoms with van der Waals surface area (Å²) in [6.45, 7) is -0.511. The quantitative estimate of drug-likeness (QED) is 0.424. The van der Waals surface area contributed by atoms with Gasteiger partial charge in [0.2, 0.25) is 0 Å². The lowest BCUT2D eigenvalue weighted by molar-refractivity contribution is -0.384. The Morgan fingerprint density at radius 3 is 2.59 bits per heavy atom. The van der Waals surface area contributed by atoms with E-state index in [1.807, 2.05) is 0 Å². The predicted octanol–water partition coefficient (Wildman–Crippen LogP) is 3.38. The van der Waals surface area contributed by atoms with Crippen molar-refractivity contribution in [3.05, 3.63) is 67.7 Å². The number of esters is 1. The number of carbonyl (C=O) groups excluding carboxylic acids is 2. The summed E-state index contributed by atoms with van der Waals surface area (Å²) in [6, 6.07) is 8.45. The summed E-state index contributed by atoms with van der Waals surface area (Å²) < 4.78 is 10.2. The molecule has 142 valence electrons. The zero-order valence-electron chi connectivity index (χ0n) is 14.0. The summed E-state index contributed by atoms with van der Waals surface area (Å²) in [4.78, 5) is 34.0. The lowest BCUT2D eigenvalue weighted by atomic mass is 10.2. The third-order valence-corrected chi connectivity index (χ3v) is 3.98. The monoisotopic (exact) mass is 412 g/mol. The molecule has 8 nitrogen and oxygen atoms in total. The summed E-state index contributed by atoms with van der Waals surface area (Å²) in [6.07, 6.45) is 0. The largest absolute Gasteiger partial charge is 0.496 e. The third-order valence-electron chi connectivity index (χ3n) is 3.43. The average Bonchev–Trinajstić information content (AvgIpc) is 2.64. The van der Waals surface area contributed by atoms with Crippen LogP contribution in [0.2, 0.25) is 10.0 Å². The van der Waals surface area contributed by atoms with Crippen LogP contribution in [0.3, 0.4) is 0 Å². The van der Waals surface area contributed by atoms with Gasteiger partial charge in [-0.05, 0) is 30.3 Å². The number of hydrogen-bond acceptors (Lipinski definition) is 6. The number of benzene rings is 2. The van der Waals surface area contributed by atoms with Crippen molar-refractivity contribution in [3.63, 3.8) is 0 Å². The molecule has 0 aliphatic carbocycles. The first kappa shape index (κ1) is 20.5. The zero-order valence-corrected chi connectivity index (χ0v) is 15.5. The van der Waals surface area contributed by atoms with Gasteiger partial charge in [0.1, 0.15) is 23.9 Å². The molecule has 0 saturated heterocycles. The van der Waals surface area contributed by atoms with Crippen molar-refractivity contribution in [1.82, 2.24) is 5.32 Å². The minimum atomic E-state index is -0.703. The number of hydrogen-bond donors (Lipinski definition) is 1. The average molecular weight is 413 g/mol. The molecule has 0 spiro atoms. The number of ether oxygens (including phenoxy) is 2. The van der Waals surface area contributed by atoms with Gasteiger partial charge < -0.3 is 14.8 Å². The lowest BCUT2D eigenvalue weighted by Crippen LogP contribution is -2.30. The van der Waals surface area contributed by atoms with E-state index in [-0.39, 0.29) is 17.2 Å². The smallest absolute Gasteiger partial charge is 0.325 e. The van der Waals surface area contributed by atoms with Gasteiger partial charge in [0.25, 0.3) is 11.6 Å².